The first-order chi connectivity index (χ1) is 13.8. The third-order valence-electron chi connectivity index (χ3n) is 5.89. The molecule has 0 spiro atoms. The number of hydrogen-bond acceptors (Lipinski definition) is 4. The molecule has 2 aliphatic rings. The summed E-state index contributed by atoms with van der Waals surface area (Å²) in [6, 6.07) is 8.69. The van der Waals surface area contributed by atoms with Gasteiger partial charge < -0.3 is 19.7 Å². The number of guanidine groups is 1. The Morgan fingerprint density at radius 3 is 2.48 bits per heavy atom. The van der Waals surface area contributed by atoms with E-state index in [9.17, 15) is 0 Å². The Balaban J connectivity index is 0.00000300. The van der Waals surface area contributed by atoms with E-state index in [0.29, 0.717) is 6.10 Å². The summed E-state index contributed by atoms with van der Waals surface area (Å²) in [5.74, 6) is 1.96. The van der Waals surface area contributed by atoms with E-state index >= 15 is 0 Å². The zero-order valence-electron chi connectivity index (χ0n) is 18.1. The molecule has 2 aliphatic heterocycles. The highest BCUT2D eigenvalue weighted by Gasteiger charge is 2.27. The standard InChI is InChI=1S/C22H36N4O2.HI/c1-4-28-18-11-15-26(16-12-18)22(23-2)24-17-20(25-13-7-8-14-25)19-9-5-6-10-21(19)27-3;/h5-6,9-10,18,20H,4,7-8,11-17H2,1-3H3,(H,23,24);1H. The van der Waals surface area contributed by atoms with Crippen molar-refractivity contribution < 1.29 is 9.47 Å². The average Bonchev–Trinajstić information content (AvgIpc) is 3.27. The Labute approximate surface area is 193 Å². The number of benzene rings is 1. The lowest BCUT2D eigenvalue weighted by molar-refractivity contribution is 0.0263. The minimum Gasteiger partial charge on any atom is -0.496 e. The van der Waals surface area contributed by atoms with Crippen LogP contribution in [0.4, 0.5) is 0 Å². The second-order valence-corrected chi connectivity index (χ2v) is 7.57. The van der Waals surface area contributed by atoms with Crippen LogP contribution >= 0.6 is 24.0 Å². The van der Waals surface area contributed by atoms with Crippen molar-refractivity contribution >= 4 is 29.9 Å². The molecule has 164 valence electrons. The number of likely N-dealkylation sites (tertiary alicyclic amines) is 2. The van der Waals surface area contributed by atoms with Crippen molar-refractivity contribution in [1.29, 1.82) is 0 Å². The molecule has 0 radical (unpaired) electrons. The Bertz CT molecular complexity index is 629. The van der Waals surface area contributed by atoms with Gasteiger partial charge in [0.1, 0.15) is 5.75 Å². The number of nitrogens with zero attached hydrogens (tertiary/aromatic N) is 3. The molecule has 6 nitrogen and oxygen atoms in total. The van der Waals surface area contributed by atoms with E-state index in [1.807, 2.05) is 13.1 Å². The number of nitrogens with one attached hydrogen (secondary N) is 1. The maximum Gasteiger partial charge on any atom is 0.193 e. The first-order valence-electron chi connectivity index (χ1n) is 10.7. The predicted molar refractivity (Wildman–Crippen MR) is 130 cm³/mol. The van der Waals surface area contributed by atoms with Crippen molar-refractivity contribution in [3.63, 3.8) is 0 Å². The normalized spacial score (nSPS) is 19.7. The minimum atomic E-state index is 0. The molecule has 1 N–H and O–H groups in total. The van der Waals surface area contributed by atoms with E-state index in [0.717, 1.165) is 63.9 Å². The van der Waals surface area contributed by atoms with Crippen molar-refractivity contribution in [1.82, 2.24) is 15.1 Å². The van der Waals surface area contributed by atoms with Gasteiger partial charge in [0.05, 0.1) is 19.3 Å². The molecule has 29 heavy (non-hydrogen) atoms. The topological polar surface area (TPSA) is 49.3 Å². The number of aliphatic imine (C=N–C) groups is 1. The number of para-hydroxylation sites is 1. The number of methoxy groups -OCH3 is 1. The highest BCUT2D eigenvalue weighted by atomic mass is 127. The second-order valence-electron chi connectivity index (χ2n) is 7.57. The summed E-state index contributed by atoms with van der Waals surface area (Å²) in [7, 11) is 3.64. The van der Waals surface area contributed by atoms with Crippen LogP contribution < -0.4 is 10.1 Å². The van der Waals surface area contributed by atoms with E-state index in [1.54, 1.807) is 7.11 Å². The highest BCUT2D eigenvalue weighted by molar-refractivity contribution is 14.0. The second kappa shape index (κ2) is 12.6. The van der Waals surface area contributed by atoms with Gasteiger partial charge in [0.25, 0.3) is 0 Å². The average molecular weight is 516 g/mol. The van der Waals surface area contributed by atoms with Crippen LogP contribution in [-0.4, -0.2) is 75.4 Å². The number of piperidine rings is 1. The quantitative estimate of drug-likeness (QED) is 0.342. The Kier molecular flexibility index (Phi) is 10.5. The predicted octanol–water partition coefficient (Wildman–Crippen LogP) is 3.53. The molecule has 0 bridgehead atoms. The molecule has 2 heterocycles. The van der Waals surface area contributed by atoms with E-state index < -0.39 is 0 Å². The third-order valence-corrected chi connectivity index (χ3v) is 5.89. The first kappa shape index (κ1) is 24.2. The Hall–Kier alpha value is -1.06. The number of halogens is 1. The molecule has 2 saturated heterocycles. The van der Waals surface area contributed by atoms with Gasteiger partial charge in [-0.2, -0.15) is 0 Å². The molecule has 3 rings (SSSR count). The zero-order chi connectivity index (χ0) is 19.8. The number of hydrogen-bond donors (Lipinski definition) is 1. The van der Waals surface area contributed by atoms with Crippen LogP contribution in [0.3, 0.4) is 0 Å². The molecule has 1 unspecified atom stereocenters. The van der Waals surface area contributed by atoms with Crippen LogP contribution in [-0.2, 0) is 4.74 Å². The minimum absolute atomic E-state index is 0. The zero-order valence-corrected chi connectivity index (χ0v) is 20.4. The SMILES string of the molecule is CCOC1CCN(C(=NC)NCC(c2ccccc2OC)N2CCCC2)CC1.I. The summed E-state index contributed by atoms with van der Waals surface area (Å²) in [5, 5.41) is 3.65. The fourth-order valence-electron chi connectivity index (χ4n) is 4.42. The highest BCUT2D eigenvalue weighted by Crippen LogP contribution is 2.31. The summed E-state index contributed by atoms with van der Waals surface area (Å²) in [6.45, 7) is 7.97. The van der Waals surface area contributed by atoms with Crippen molar-refractivity contribution in [3.05, 3.63) is 29.8 Å². The molecule has 2 fully saturated rings. The third kappa shape index (κ3) is 6.46. The summed E-state index contributed by atoms with van der Waals surface area (Å²) in [6.07, 6.45) is 5.06. The van der Waals surface area contributed by atoms with Crippen LogP contribution in [0.2, 0.25) is 0 Å². The summed E-state index contributed by atoms with van der Waals surface area (Å²) < 4.78 is 11.4. The maximum absolute atomic E-state index is 5.79. The molecular formula is C22H37IN4O2. The summed E-state index contributed by atoms with van der Waals surface area (Å²) in [4.78, 5) is 9.49. The van der Waals surface area contributed by atoms with E-state index in [-0.39, 0.29) is 30.0 Å². The largest absolute Gasteiger partial charge is 0.496 e. The van der Waals surface area contributed by atoms with Crippen molar-refractivity contribution in [3.8, 4) is 5.75 Å². The van der Waals surface area contributed by atoms with Crippen LogP contribution in [0.25, 0.3) is 0 Å². The molecule has 1 atom stereocenters. The monoisotopic (exact) mass is 516 g/mol. The summed E-state index contributed by atoms with van der Waals surface area (Å²) >= 11 is 0. The molecule has 0 saturated carbocycles. The van der Waals surface area contributed by atoms with Gasteiger partial charge in [0.15, 0.2) is 5.96 Å². The van der Waals surface area contributed by atoms with Crippen molar-refractivity contribution in [2.24, 2.45) is 4.99 Å². The van der Waals surface area contributed by atoms with Crippen LogP contribution in [0.15, 0.2) is 29.3 Å². The molecule has 1 aromatic rings. The van der Waals surface area contributed by atoms with Crippen LogP contribution in [0, 0.1) is 0 Å². The lowest BCUT2D eigenvalue weighted by Gasteiger charge is -2.35. The lowest BCUT2D eigenvalue weighted by Crippen LogP contribution is -2.49. The molecule has 0 aromatic heterocycles. The molecule has 0 aliphatic carbocycles. The van der Waals surface area contributed by atoms with Crippen LogP contribution in [0.1, 0.15) is 44.2 Å². The van der Waals surface area contributed by atoms with Crippen LogP contribution in [0.5, 0.6) is 5.75 Å². The first-order valence-corrected chi connectivity index (χ1v) is 10.7. The summed E-state index contributed by atoms with van der Waals surface area (Å²) in [5.41, 5.74) is 1.25. The van der Waals surface area contributed by atoms with Gasteiger partial charge in [-0.05, 0) is 51.8 Å². The lowest BCUT2D eigenvalue weighted by atomic mass is 10.0. The molecule has 7 heteroatoms. The van der Waals surface area contributed by atoms with E-state index in [2.05, 4.69) is 45.2 Å². The van der Waals surface area contributed by atoms with Gasteiger partial charge in [-0.25, -0.2) is 0 Å². The smallest absolute Gasteiger partial charge is 0.193 e. The fourth-order valence-corrected chi connectivity index (χ4v) is 4.42. The molecule has 0 amide bonds. The number of ether oxygens (including phenoxy) is 2. The fraction of sp³-hybridized carbons (Fsp3) is 0.682. The van der Waals surface area contributed by atoms with Gasteiger partial charge in [0.2, 0.25) is 0 Å². The van der Waals surface area contributed by atoms with Crippen molar-refractivity contribution in [2.75, 3.05) is 53.5 Å². The van der Waals surface area contributed by atoms with E-state index in [1.165, 1.54) is 18.4 Å². The van der Waals surface area contributed by atoms with Gasteiger partial charge in [0, 0.05) is 38.9 Å². The molecule has 1 aromatic carbocycles. The van der Waals surface area contributed by atoms with Gasteiger partial charge in [-0.15, -0.1) is 24.0 Å². The maximum atomic E-state index is 5.79. The van der Waals surface area contributed by atoms with E-state index in [4.69, 9.17) is 9.47 Å². The Morgan fingerprint density at radius 2 is 1.86 bits per heavy atom. The van der Waals surface area contributed by atoms with Gasteiger partial charge in [-0.1, -0.05) is 18.2 Å². The van der Waals surface area contributed by atoms with Gasteiger partial charge in [-0.3, -0.25) is 9.89 Å². The van der Waals surface area contributed by atoms with Gasteiger partial charge >= 0.3 is 0 Å². The van der Waals surface area contributed by atoms with Crippen molar-refractivity contribution in [2.45, 2.75) is 44.8 Å². The number of rotatable bonds is 7. The molecular weight excluding hydrogens is 479 g/mol. The Morgan fingerprint density at radius 1 is 1.17 bits per heavy atom.